The van der Waals surface area contributed by atoms with Crippen LogP contribution in [0.1, 0.15) is 25.0 Å². The minimum Gasteiger partial charge on any atom is -0.327 e. The van der Waals surface area contributed by atoms with E-state index < -0.39 is 0 Å². The molecule has 0 atom stereocenters. The maximum absolute atomic E-state index is 2.31. The molecule has 94 valence electrons. The quantitative estimate of drug-likeness (QED) is 0.691. The van der Waals surface area contributed by atoms with Crippen molar-refractivity contribution in [2.75, 3.05) is 21.1 Å². The molecule has 0 bridgehead atoms. The Hall–Kier alpha value is -0.860. The Bertz CT molecular complexity index is 477. The van der Waals surface area contributed by atoms with Gasteiger partial charge in [0.05, 0.1) is 21.1 Å². The molecule has 0 amide bonds. The van der Waals surface area contributed by atoms with Crippen LogP contribution in [0.25, 0.3) is 10.1 Å². The Balaban J connectivity index is 0.000000686. The van der Waals surface area contributed by atoms with Gasteiger partial charge in [-0.25, -0.2) is 0 Å². The number of hydrogen-bond donors (Lipinski definition) is 0. The van der Waals surface area contributed by atoms with Gasteiger partial charge in [-0.1, -0.05) is 26.0 Å². The van der Waals surface area contributed by atoms with Crippen molar-refractivity contribution in [3.05, 3.63) is 34.7 Å². The predicted octanol–water partition coefficient (Wildman–Crippen LogP) is 4.44. The van der Waals surface area contributed by atoms with Gasteiger partial charge in [0.2, 0.25) is 0 Å². The van der Waals surface area contributed by atoms with E-state index in [1.165, 1.54) is 21.2 Å². The maximum atomic E-state index is 2.31. The molecule has 0 saturated carbocycles. The van der Waals surface area contributed by atoms with Crippen molar-refractivity contribution in [1.29, 1.82) is 0 Å². The molecular weight excluding hydrogens is 226 g/mol. The Morgan fingerprint density at radius 1 is 1.12 bits per heavy atom. The van der Waals surface area contributed by atoms with Crippen LogP contribution in [0.15, 0.2) is 23.6 Å². The van der Waals surface area contributed by atoms with E-state index in [1.54, 1.807) is 0 Å². The Labute approximate surface area is 109 Å². The second-order valence-electron chi connectivity index (χ2n) is 5.16. The third-order valence-electron chi connectivity index (χ3n) is 2.53. The van der Waals surface area contributed by atoms with Crippen molar-refractivity contribution in [2.45, 2.75) is 27.3 Å². The number of aryl methyl sites for hydroxylation is 1. The number of hydrogen-bond acceptors (Lipinski definition) is 1. The average molecular weight is 250 g/mol. The number of nitrogens with zero attached hydrogens (tertiary/aromatic N) is 1. The molecule has 0 spiro atoms. The fraction of sp³-hybridized carbons (Fsp3) is 0.467. The number of thiophene rings is 1. The Kier molecular flexibility index (Phi) is 4.72. The molecule has 0 N–H and O–H groups in total. The average Bonchev–Trinajstić information content (AvgIpc) is 2.63. The highest BCUT2D eigenvalue weighted by Crippen LogP contribution is 2.29. The van der Waals surface area contributed by atoms with Crippen LogP contribution in [0.4, 0.5) is 0 Å². The van der Waals surface area contributed by atoms with Crippen molar-refractivity contribution in [1.82, 2.24) is 0 Å². The number of quaternary nitrogens is 1. The normalized spacial score (nSPS) is 11.2. The van der Waals surface area contributed by atoms with Crippen LogP contribution < -0.4 is 0 Å². The summed E-state index contributed by atoms with van der Waals surface area (Å²) in [5.41, 5.74) is 2.89. The zero-order valence-electron chi connectivity index (χ0n) is 11.9. The van der Waals surface area contributed by atoms with Gasteiger partial charge in [-0.05, 0) is 18.6 Å². The first-order chi connectivity index (χ1) is 7.97. The highest BCUT2D eigenvalue weighted by Gasteiger charge is 2.13. The minimum absolute atomic E-state index is 0.986. The molecule has 1 nitrogen and oxygen atoms in total. The van der Waals surface area contributed by atoms with E-state index in [2.05, 4.69) is 51.6 Å². The molecule has 0 unspecified atom stereocenters. The molecule has 1 aromatic carbocycles. The molecule has 1 aromatic heterocycles. The van der Waals surface area contributed by atoms with Crippen molar-refractivity contribution < 1.29 is 4.48 Å². The van der Waals surface area contributed by atoms with E-state index in [0.29, 0.717) is 0 Å². The first kappa shape index (κ1) is 14.2. The van der Waals surface area contributed by atoms with Crippen LogP contribution in [0.5, 0.6) is 0 Å². The van der Waals surface area contributed by atoms with Gasteiger partial charge in [0.25, 0.3) is 0 Å². The second-order valence-corrected chi connectivity index (χ2v) is 6.07. The third kappa shape index (κ3) is 3.55. The molecule has 17 heavy (non-hydrogen) atoms. The fourth-order valence-corrected chi connectivity index (χ4v) is 3.00. The van der Waals surface area contributed by atoms with Crippen LogP contribution in [0, 0.1) is 6.92 Å². The molecule has 0 aliphatic carbocycles. The standard InChI is InChI=1S/C13H18NS.C2H6/c1-10-6-5-7-12-13(10)11(9-15-12)8-14(2,3)4;1-2/h5-7,9H,8H2,1-4H3;1-2H3/q+1;. The molecule has 0 fully saturated rings. The topological polar surface area (TPSA) is 0 Å². The van der Waals surface area contributed by atoms with E-state index >= 15 is 0 Å². The summed E-state index contributed by atoms with van der Waals surface area (Å²) in [7, 11) is 6.71. The van der Waals surface area contributed by atoms with Crippen LogP contribution in [0.3, 0.4) is 0 Å². The van der Waals surface area contributed by atoms with Gasteiger partial charge in [-0.3, -0.25) is 0 Å². The van der Waals surface area contributed by atoms with Crippen molar-refractivity contribution in [2.24, 2.45) is 0 Å². The maximum Gasteiger partial charge on any atom is 0.105 e. The summed E-state index contributed by atoms with van der Waals surface area (Å²) in [6.45, 7) is 7.30. The number of benzene rings is 1. The minimum atomic E-state index is 0.986. The summed E-state index contributed by atoms with van der Waals surface area (Å²) in [5, 5.41) is 3.77. The van der Waals surface area contributed by atoms with E-state index in [0.717, 1.165) is 11.0 Å². The summed E-state index contributed by atoms with van der Waals surface area (Å²) in [6, 6.07) is 6.56. The first-order valence-electron chi connectivity index (χ1n) is 6.23. The molecule has 0 saturated heterocycles. The number of rotatable bonds is 2. The molecule has 0 aliphatic heterocycles. The summed E-state index contributed by atoms with van der Waals surface area (Å²) < 4.78 is 2.40. The monoisotopic (exact) mass is 250 g/mol. The SMILES string of the molecule is CC.Cc1cccc2scc(C[N+](C)(C)C)c12. The van der Waals surface area contributed by atoms with Gasteiger partial charge < -0.3 is 4.48 Å². The van der Waals surface area contributed by atoms with E-state index in [-0.39, 0.29) is 0 Å². The van der Waals surface area contributed by atoms with Crippen LogP contribution >= 0.6 is 11.3 Å². The predicted molar refractivity (Wildman–Crippen MR) is 79.6 cm³/mol. The smallest absolute Gasteiger partial charge is 0.105 e. The van der Waals surface area contributed by atoms with E-state index in [4.69, 9.17) is 0 Å². The lowest BCUT2D eigenvalue weighted by atomic mass is 10.1. The molecule has 0 aliphatic rings. The van der Waals surface area contributed by atoms with E-state index in [1.807, 2.05) is 25.2 Å². The zero-order chi connectivity index (χ0) is 13.1. The third-order valence-corrected chi connectivity index (χ3v) is 3.53. The lowest BCUT2D eigenvalue weighted by Gasteiger charge is -2.23. The van der Waals surface area contributed by atoms with Gasteiger partial charge in [-0.2, -0.15) is 0 Å². The molecular formula is C15H24NS+. The first-order valence-corrected chi connectivity index (χ1v) is 7.11. The second kappa shape index (κ2) is 5.65. The van der Waals surface area contributed by atoms with Crippen molar-refractivity contribution in [3.63, 3.8) is 0 Å². The van der Waals surface area contributed by atoms with Crippen LogP contribution in [-0.4, -0.2) is 25.6 Å². The summed E-state index contributed by atoms with van der Waals surface area (Å²) >= 11 is 1.86. The lowest BCUT2D eigenvalue weighted by Crippen LogP contribution is -2.33. The van der Waals surface area contributed by atoms with Gasteiger partial charge in [0.15, 0.2) is 0 Å². The van der Waals surface area contributed by atoms with Crippen LogP contribution in [-0.2, 0) is 6.54 Å². The summed E-state index contributed by atoms with van der Waals surface area (Å²) in [6.07, 6.45) is 0. The molecule has 2 aromatic rings. The van der Waals surface area contributed by atoms with Crippen molar-refractivity contribution in [3.8, 4) is 0 Å². The highest BCUT2D eigenvalue weighted by atomic mass is 32.1. The number of fused-ring (bicyclic) bond motifs is 1. The molecule has 2 heteroatoms. The Morgan fingerprint density at radius 2 is 1.76 bits per heavy atom. The van der Waals surface area contributed by atoms with E-state index in [9.17, 15) is 0 Å². The fourth-order valence-electron chi connectivity index (χ4n) is 1.97. The largest absolute Gasteiger partial charge is 0.327 e. The summed E-state index contributed by atoms with van der Waals surface area (Å²) in [4.78, 5) is 0. The van der Waals surface area contributed by atoms with Gasteiger partial charge in [0.1, 0.15) is 6.54 Å². The summed E-state index contributed by atoms with van der Waals surface area (Å²) in [5.74, 6) is 0. The molecule has 0 radical (unpaired) electrons. The van der Waals surface area contributed by atoms with Gasteiger partial charge in [-0.15, -0.1) is 11.3 Å². The molecule has 1 heterocycles. The highest BCUT2D eigenvalue weighted by molar-refractivity contribution is 7.17. The molecule has 2 rings (SSSR count). The zero-order valence-corrected chi connectivity index (χ0v) is 12.7. The van der Waals surface area contributed by atoms with Gasteiger partial charge >= 0.3 is 0 Å². The van der Waals surface area contributed by atoms with Crippen molar-refractivity contribution >= 4 is 21.4 Å². The Morgan fingerprint density at radius 3 is 2.35 bits per heavy atom. The van der Waals surface area contributed by atoms with Gasteiger partial charge in [0, 0.05) is 21.0 Å². The lowest BCUT2D eigenvalue weighted by molar-refractivity contribution is -0.883. The van der Waals surface area contributed by atoms with Crippen LogP contribution in [0.2, 0.25) is 0 Å².